The highest BCUT2D eigenvalue weighted by Crippen LogP contribution is 2.48. The summed E-state index contributed by atoms with van der Waals surface area (Å²) in [6.45, 7) is 0.346. The van der Waals surface area contributed by atoms with Crippen molar-refractivity contribution in [1.82, 2.24) is 4.98 Å². The first-order chi connectivity index (χ1) is 20.6. The van der Waals surface area contributed by atoms with E-state index in [-0.39, 0.29) is 35.5 Å². The monoisotopic (exact) mass is 592 g/mol. The number of aromatic nitrogens is 1. The molecule has 2 aliphatic carbocycles. The first kappa shape index (κ1) is 28.3. The summed E-state index contributed by atoms with van der Waals surface area (Å²) < 4.78 is 59.1. The van der Waals surface area contributed by atoms with Gasteiger partial charge in [0.25, 0.3) is 0 Å². The predicted molar refractivity (Wildman–Crippen MR) is 152 cm³/mol. The number of benzene rings is 3. The number of halogens is 3. The van der Waals surface area contributed by atoms with E-state index in [1.807, 2.05) is 0 Å². The average Bonchev–Trinajstić information content (AvgIpc) is 3.92. The van der Waals surface area contributed by atoms with Gasteiger partial charge < -0.3 is 30.6 Å². The van der Waals surface area contributed by atoms with Crippen molar-refractivity contribution in [3.63, 3.8) is 0 Å². The lowest BCUT2D eigenvalue weighted by atomic mass is 10.0. The summed E-state index contributed by atoms with van der Waals surface area (Å²) in [4.78, 5) is 30.1. The maximum Gasteiger partial charge on any atom is 0.240 e. The van der Waals surface area contributed by atoms with Crippen molar-refractivity contribution < 1.29 is 37.0 Å². The van der Waals surface area contributed by atoms with Gasteiger partial charge in [-0.15, -0.1) is 0 Å². The molecule has 0 bridgehead atoms. The highest BCUT2D eigenvalue weighted by Gasteiger charge is 2.56. The molecule has 0 atom stereocenters. The Morgan fingerprint density at radius 2 is 1.49 bits per heavy atom. The van der Waals surface area contributed by atoms with Crippen LogP contribution in [0.5, 0.6) is 23.0 Å². The number of nitrogens with one attached hydrogen (secondary N) is 2. The predicted octanol–water partition coefficient (Wildman–Crippen LogP) is 5.68. The molecule has 4 N–H and O–H groups in total. The summed E-state index contributed by atoms with van der Waals surface area (Å²) >= 11 is 0. The molecular weight excluding hydrogens is 565 g/mol. The summed E-state index contributed by atoms with van der Waals surface area (Å²) in [6, 6.07) is 11.7. The molecule has 4 aromatic rings. The van der Waals surface area contributed by atoms with E-state index >= 15 is 4.39 Å². The molecule has 0 radical (unpaired) electrons. The molecule has 0 aliphatic heterocycles. The standard InChI is InChI=1S/C31H27F3N4O5/c1-41-26-14-19-23(15-27(26)42-16-30(35)7-8-30)36-11-6-24(19)43-25-5-3-18(13-22(25)34)38-29(40)31(9-10-31)28(39)37-17-2-4-20(32)21(33)12-17/h2-6,11-15H,7-10,16,35H2,1H3,(H,37,39)(H,38,40). The smallest absolute Gasteiger partial charge is 0.240 e. The minimum absolute atomic E-state index is 0.0164. The zero-order valence-corrected chi connectivity index (χ0v) is 23.0. The third kappa shape index (κ3) is 5.78. The van der Waals surface area contributed by atoms with Crippen molar-refractivity contribution in [3.05, 3.63) is 78.2 Å². The number of nitrogens with zero attached hydrogens (tertiary/aromatic N) is 1. The lowest BCUT2D eigenvalue weighted by Crippen LogP contribution is -2.35. The molecule has 2 aliphatic rings. The molecule has 2 amide bonds. The van der Waals surface area contributed by atoms with Gasteiger partial charge in [0, 0.05) is 41.2 Å². The number of carbonyl (C=O) groups is 2. The molecule has 6 rings (SSSR count). The third-order valence-corrected chi connectivity index (χ3v) is 7.60. The van der Waals surface area contributed by atoms with Gasteiger partial charge in [-0.25, -0.2) is 13.2 Å². The van der Waals surface area contributed by atoms with Crippen molar-refractivity contribution >= 4 is 34.1 Å². The Labute approximate surface area is 244 Å². The van der Waals surface area contributed by atoms with Gasteiger partial charge in [-0.05, 0) is 62.1 Å². The first-order valence-corrected chi connectivity index (χ1v) is 13.5. The summed E-state index contributed by atoms with van der Waals surface area (Å²) in [5.41, 5.74) is 5.07. The molecule has 222 valence electrons. The number of nitrogens with two attached hydrogens (primary N) is 1. The van der Waals surface area contributed by atoms with E-state index in [0.717, 1.165) is 31.0 Å². The van der Waals surface area contributed by atoms with Crippen LogP contribution in [0.1, 0.15) is 25.7 Å². The van der Waals surface area contributed by atoms with E-state index < -0.39 is 34.7 Å². The summed E-state index contributed by atoms with van der Waals surface area (Å²) in [7, 11) is 1.50. The third-order valence-electron chi connectivity index (χ3n) is 7.60. The maximum absolute atomic E-state index is 15.1. The van der Waals surface area contributed by atoms with Crippen LogP contribution in [-0.4, -0.2) is 36.1 Å². The van der Waals surface area contributed by atoms with E-state index in [1.165, 1.54) is 31.5 Å². The number of pyridine rings is 1. The van der Waals surface area contributed by atoms with Crippen molar-refractivity contribution in [1.29, 1.82) is 0 Å². The molecule has 12 heteroatoms. The second-order valence-corrected chi connectivity index (χ2v) is 10.8. The SMILES string of the molecule is COc1cc2c(Oc3ccc(NC(=O)C4(C(=O)Nc5ccc(F)c(F)c5)CC4)cc3F)ccnc2cc1OCC1(N)CC1. The minimum Gasteiger partial charge on any atom is -0.493 e. The molecule has 3 aromatic carbocycles. The molecule has 0 unspecified atom stereocenters. The largest absolute Gasteiger partial charge is 0.493 e. The fraction of sp³-hybridized carbons (Fsp3) is 0.258. The Hall–Kier alpha value is -4.84. The van der Waals surface area contributed by atoms with Gasteiger partial charge >= 0.3 is 0 Å². The van der Waals surface area contributed by atoms with Crippen LogP contribution in [0, 0.1) is 22.9 Å². The number of hydrogen-bond acceptors (Lipinski definition) is 7. The Balaban J connectivity index is 1.15. The van der Waals surface area contributed by atoms with Crippen LogP contribution in [0.25, 0.3) is 10.9 Å². The quantitative estimate of drug-likeness (QED) is 0.202. The molecule has 1 aromatic heterocycles. The summed E-state index contributed by atoms with van der Waals surface area (Å²) in [5.74, 6) is -3.13. The fourth-order valence-corrected chi connectivity index (χ4v) is 4.55. The van der Waals surface area contributed by atoms with E-state index in [0.29, 0.717) is 34.8 Å². The van der Waals surface area contributed by atoms with Crippen LogP contribution in [0.15, 0.2) is 60.8 Å². The van der Waals surface area contributed by atoms with Crippen molar-refractivity contribution in [2.45, 2.75) is 31.2 Å². The molecule has 0 spiro atoms. The number of amides is 2. The summed E-state index contributed by atoms with van der Waals surface area (Å²) in [6.07, 6.45) is 3.80. The number of fused-ring (bicyclic) bond motifs is 1. The maximum atomic E-state index is 15.1. The van der Waals surface area contributed by atoms with Gasteiger partial charge in [0.2, 0.25) is 11.8 Å². The van der Waals surface area contributed by atoms with Gasteiger partial charge in [-0.1, -0.05) is 0 Å². The highest BCUT2D eigenvalue weighted by atomic mass is 19.2. The Morgan fingerprint density at radius 3 is 2.09 bits per heavy atom. The van der Waals surface area contributed by atoms with Crippen LogP contribution in [0.2, 0.25) is 0 Å². The van der Waals surface area contributed by atoms with Crippen LogP contribution >= 0.6 is 0 Å². The van der Waals surface area contributed by atoms with Crippen molar-refractivity contribution in [2.75, 3.05) is 24.4 Å². The normalized spacial score (nSPS) is 15.8. The Bertz CT molecular complexity index is 1760. The van der Waals surface area contributed by atoms with E-state index in [2.05, 4.69) is 15.6 Å². The van der Waals surface area contributed by atoms with Crippen molar-refractivity contribution in [2.24, 2.45) is 11.1 Å². The Morgan fingerprint density at radius 1 is 0.814 bits per heavy atom. The van der Waals surface area contributed by atoms with Gasteiger partial charge in [-0.2, -0.15) is 0 Å². The molecule has 2 saturated carbocycles. The fourth-order valence-electron chi connectivity index (χ4n) is 4.55. The van der Waals surface area contributed by atoms with Gasteiger partial charge in [0.05, 0.1) is 18.2 Å². The first-order valence-electron chi connectivity index (χ1n) is 13.5. The number of ether oxygens (including phenoxy) is 3. The van der Waals surface area contributed by atoms with Crippen LogP contribution in [0.4, 0.5) is 24.5 Å². The molecule has 1 heterocycles. The van der Waals surface area contributed by atoms with E-state index in [9.17, 15) is 18.4 Å². The van der Waals surface area contributed by atoms with Crippen LogP contribution < -0.4 is 30.6 Å². The molecule has 2 fully saturated rings. The molecule has 0 saturated heterocycles. The summed E-state index contributed by atoms with van der Waals surface area (Å²) in [5, 5.41) is 5.56. The number of carbonyl (C=O) groups excluding carboxylic acids is 2. The topological polar surface area (TPSA) is 125 Å². The number of rotatable bonds is 10. The van der Waals surface area contributed by atoms with Gasteiger partial charge in [0.15, 0.2) is 34.7 Å². The highest BCUT2D eigenvalue weighted by molar-refractivity contribution is 6.16. The lowest BCUT2D eigenvalue weighted by molar-refractivity contribution is -0.131. The lowest BCUT2D eigenvalue weighted by Gasteiger charge is -2.17. The van der Waals surface area contributed by atoms with E-state index in [4.69, 9.17) is 19.9 Å². The zero-order valence-electron chi connectivity index (χ0n) is 23.0. The van der Waals surface area contributed by atoms with E-state index in [1.54, 1.807) is 18.2 Å². The Kier molecular flexibility index (Phi) is 7.09. The van der Waals surface area contributed by atoms with Crippen LogP contribution in [-0.2, 0) is 9.59 Å². The van der Waals surface area contributed by atoms with Gasteiger partial charge in [0.1, 0.15) is 17.8 Å². The number of hydrogen-bond donors (Lipinski definition) is 3. The van der Waals surface area contributed by atoms with Crippen LogP contribution in [0.3, 0.4) is 0 Å². The second kappa shape index (κ2) is 10.8. The number of methoxy groups -OCH3 is 1. The zero-order chi connectivity index (χ0) is 30.4. The number of anilines is 2. The average molecular weight is 593 g/mol. The molecular formula is C31H27F3N4O5. The molecule has 43 heavy (non-hydrogen) atoms. The molecule has 9 nitrogen and oxygen atoms in total. The minimum atomic E-state index is -1.41. The second-order valence-electron chi connectivity index (χ2n) is 10.8. The van der Waals surface area contributed by atoms with Gasteiger partial charge in [-0.3, -0.25) is 14.6 Å². The van der Waals surface area contributed by atoms with Crippen molar-refractivity contribution in [3.8, 4) is 23.0 Å².